The van der Waals surface area contributed by atoms with Crippen LogP contribution < -0.4 is 10.6 Å². The van der Waals surface area contributed by atoms with Gasteiger partial charge >= 0.3 is 0 Å². The monoisotopic (exact) mass is 276 g/mol. The fraction of sp³-hybridized carbons (Fsp3) is 0.500. The highest BCUT2D eigenvalue weighted by Crippen LogP contribution is 2.14. The van der Waals surface area contributed by atoms with Crippen LogP contribution in [0.15, 0.2) is 30.3 Å². The molecule has 4 nitrogen and oxygen atoms in total. The van der Waals surface area contributed by atoms with Crippen molar-refractivity contribution in [2.75, 3.05) is 0 Å². The van der Waals surface area contributed by atoms with Crippen molar-refractivity contribution in [1.82, 2.24) is 10.6 Å². The maximum Gasteiger partial charge on any atom is 0.242 e. The predicted octanol–water partition coefficient (Wildman–Crippen LogP) is 2.41. The minimum Gasteiger partial charge on any atom is -0.348 e. The molecule has 0 bridgehead atoms. The van der Waals surface area contributed by atoms with Crippen LogP contribution in [-0.2, 0) is 9.59 Å². The summed E-state index contributed by atoms with van der Waals surface area (Å²) in [6.45, 7) is 9.07. The zero-order valence-electron chi connectivity index (χ0n) is 12.9. The van der Waals surface area contributed by atoms with Crippen molar-refractivity contribution in [3.8, 4) is 0 Å². The number of carbonyl (C=O) groups excluding carboxylic acids is 2. The van der Waals surface area contributed by atoms with Crippen LogP contribution in [0, 0.1) is 5.41 Å². The van der Waals surface area contributed by atoms with Crippen molar-refractivity contribution in [3.63, 3.8) is 0 Å². The van der Waals surface area contributed by atoms with E-state index in [0.29, 0.717) is 0 Å². The largest absolute Gasteiger partial charge is 0.348 e. The van der Waals surface area contributed by atoms with Crippen molar-refractivity contribution in [3.05, 3.63) is 35.9 Å². The zero-order chi connectivity index (χ0) is 15.3. The molecule has 2 unspecified atom stereocenters. The summed E-state index contributed by atoms with van der Waals surface area (Å²) >= 11 is 0. The van der Waals surface area contributed by atoms with Crippen LogP contribution in [0.5, 0.6) is 0 Å². The molecule has 0 aromatic heterocycles. The Labute approximate surface area is 121 Å². The van der Waals surface area contributed by atoms with E-state index >= 15 is 0 Å². The Morgan fingerprint density at radius 2 is 1.55 bits per heavy atom. The Morgan fingerprint density at radius 1 is 1.00 bits per heavy atom. The molecule has 0 aliphatic carbocycles. The van der Waals surface area contributed by atoms with Gasteiger partial charge in [0.1, 0.15) is 6.04 Å². The third-order valence-corrected chi connectivity index (χ3v) is 3.08. The highest BCUT2D eigenvalue weighted by molar-refractivity contribution is 5.89. The molecule has 1 rings (SSSR count). The molecule has 0 saturated heterocycles. The van der Waals surface area contributed by atoms with Crippen LogP contribution in [0.3, 0.4) is 0 Å². The maximum absolute atomic E-state index is 12.1. The lowest BCUT2D eigenvalue weighted by Crippen LogP contribution is -2.48. The van der Waals surface area contributed by atoms with Crippen LogP contribution in [0.4, 0.5) is 0 Å². The lowest BCUT2D eigenvalue weighted by Gasteiger charge is -2.23. The summed E-state index contributed by atoms with van der Waals surface area (Å²) in [5.41, 5.74) is 0.537. The molecule has 2 N–H and O–H groups in total. The van der Waals surface area contributed by atoms with E-state index < -0.39 is 11.5 Å². The molecular formula is C16H24N2O2. The average molecular weight is 276 g/mol. The number of rotatable bonds is 4. The molecule has 4 heteroatoms. The number of hydrogen-bond acceptors (Lipinski definition) is 2. The van der Waals surface area contributed by atoms with Gasteiger partial charge in [0.15, 0.2) is 0 Å². The van der Waals surface area contributed by atoms with Gasteiger partial charge in [-0.15, -0.1) is 0 Å². The van der Waals surface area contributed by atoms with E-state index in [1.807, 2.05) is 58.0 Å². The molecule has 1 aromatic carbocycles. The van der Waals surface area contributed by atoms with Crippen molar-refractivity contribution in [1.29, 1.82) is 0 Å². The second kappa shape index (κ2) is 6.55. The van der Waals surface area contributed by atoms with Gasteiger partial charge in [-0.1, -0.05) is 51.1 Å². The van der Waals surface area contributed by atoms with Crippen molar-refractivity contribution >= 4 is 11.8 Å². The van der Waals surface area contributed by atoms with Gasteiger partial charge in [-0.3, -0.25) is 9.59 Å². The molecule has 0 heterocycles. The molecule has 0 radical (unpaired) electrons. The minimum absolute atomic E-state index is 0.0855. The minimum atomic E-state index is -0.548. The van der Waals surface area contributed by atoms with E-state index in [4.69, 9.17) is 0 Å². The number of hydrogen-bond donors (Lipinski definition) is 2. The molecule has 2 atom stereocenters. The average Bonchev–Trinajstić information content (AvgIpc) is 2.38. The predicted molar refractivity (Wildman–Crippen MR) is 80.1 cm³/mol. The summed E-state index contributed by atoms with van der Waals surface area (Å²) in [4.78, 5) is 23.9. The number of nitrogens with one attached hydrogen (secondary N) is 2. The first-order chi connectivity index (χ1) is 9.21. The summed E-state index contributed by atoms with van der Waals surface area (Å²) in [5.74, 6) is -0.313. The van der Waals surface area contributed by atoms with E-state index in [9.17, 15) is 9.59 Å². The summed E-state index contributed by atoms with van der Waals surface area (Å²) in [6.07, 6.45) is 0. The van der Waals surface area contributed by atoms with E-state index in [1.54, 1.807) is 6.92 Å². The highest BCUT2D eigenvalue weighted by Gasteiger charge is 2.25. The van der Waals surface area contributed by atoms with Crippen LogP contribution in [0.25, 0.3) is 0 Å². The van der Waals surface area contributed by atoms with Gasteiger partial charge in [-0.2, -0.15) is 0 Å². The second-order valence-electron chi connectivity index (χ2n) is 6.09. The molecule has 1 aromatic rings. The van der Waals surface area contributed by atoms with Crippen molar-refractivity contribution < 1.29 is 9.59 Å². The third kappa shape index (κ3) is 4.68. The van der Waals surface area contributed by atoms with Crippen molar-refractivity contribution in [2.45, 2.75) is 46.7 Å². The quantitative estimate of drug-likeness (QED) is 0.887. The van der Waals surface area contributed by atoms with Gasteiger partial charge in [-0.05, 0) is 19.4 Å². The van der Waals surface area contributed by atoms with Crippen LogP contribution in [-0.4, -0.2) is 17.9 Å². The van der Waals surface area contributed by atoms with E-state index in [2.05, 4.69) is 10.6 Å². The van der Waals surface area contributed by atoms with Gasteiger partial charge in [0.05, 0.1) is 6.04 Å². The lowest BCUT2D eigenvalue weighted by molar-refractivity contribution is -0.133. The Bertz CT molecular complexity index is 463. The number of amides is 2. The normalized spacial score (nSPS) is 14.2. The molecular weight excluding hydrogens is 252 g/mol. The standard InChI is InChI=1S/C16H24N2O2/c1-11(13-9-7-6-8-10-13)17-14(19)12(2)18-15(20)16(3,4)5/h6-12H,1-5H3,(H,17,19)(H,18,20). The van der Waals surface area contributed by atoms with Gasteiger partial charge in [-0.25, -0.2) is 0 Å². The molecule has 0 aliphatic rings. The molecule has 0 fully saturated rings. The third-order valence-electron chi connectivity index (χ3n) is 3.08. The summed E-state index contributed by atoms with van der Waals surface area (Å²) in [5, 5.41) is 5.62. The molecule has 20 heavy (non-hydrogen) atoms. The summed E-state index contributed by atoms with van der Waals surface area (Å²) in [6, 6.07) is 9.09. The topological polar surface area (TPSA) is 58.2 Å². The van der Waals surface area contributed by atoms with Crippen LogP contribution >= 0.6 is 0 Å². The van der Waals surface area contributed by atoms with Crippen molar-refractivity contribution in [2.24, 2.45) is 5.41 Å². The van der Waals surface area contributed by atoms with Crippen LogP contribution in [0.2, 0.25) is 0 Å². The van der Waals surface area contributed by atoms with E-state index in [1.165, 1.54) is 0 Å². The Hall–Kier alpha value is -1.84. The van der Waals surface area contributed by atoms with Gasteiger partial charge < -0.3 is 10.6 Å². The van der Waals surface area contributed by atoms with Crippen LogP contribution in [0.1, 0.15) is 46.2 Å². The summed E-state index contributed by atoms with van der Waals surface area (Å²) < 4.78 is 0. The molecule has 0 saturated carbocycles. The fourth-order valence-corrected chi connectivity index (χ4v) is 1.64. The maximum atomic E-state index is 12.1. The Balaban J connectivity index is 2.56. The number of carbonyl (C=O) groups is 2. The second-order valence-corrected chi connectivity index (χ2v) is 6.09. The molecule has 0 spiro atoms. The molecule has 2 amide bonds. The Morgan fingerprint density at radius 3 is 2.05 bits per heavy atom. The molecule has 0 aliphatic heterocycles. The van der Waals surface area contributed by atoms with Gasteiger partial charge in [0, 0.05) is 5.41 Å². The summed E-state index contributed by atoms with van der Waals surface area (Å²) in [7, 11) is 0. The Kier molecular flexibility index (Phi) is 5.31. The van der Waals surface area contributed by atoms with Gasteiger partial charge in [0.25, 0.3) is 0 Å². The fourth-order valence-electron chi connectivity index (χ4n) is 1.64. The molecule has 110 valence electrons. The zero-order valence-corrected chi connectivity index (χ0v) is 12.9. The first-order valence-electron chi connectivity index (χ1n) is 6.88. The smallest absolute Gasteiger partial charge is 0.242 e. The first kappa shape index (κ1) is 16.2. The SMILES string of the molecule is CC(NC(=O)C(C)(C)C)C(=O)NC(C)c1ccccc1. The van der Waals surface area contributed by atoms with E-state index in [-0.39, 0.29) is 17.9 Å². The lowest BCUT2D eigenvalue weighted by atomic mass is 9.95. The van der Waals surface area contributed by atoms with Gasteiger partial charge in [0.2, 0.25) is 11.8 Å². The highest BCUT2D eigenvalue weighted by atomic mass is 16.2. The van der Waals surface area contributed by atoms with E-state index in [0.717, 1.165) is 5.56 Å². The first-order valence-corrected chi connectivity index (χ1v) is 6.88. The number of benzene rings is 1.